The molecule has 1 aromatic rings. The van der Waals surface area contributed by atoms with E-state index in [1.165, 1.54) is 6.20 Å². The van der Waals surface area contributed by atoms with E-state index < -0.39 is 17.1 Å². The summed E-state index contributed by atoms with van der Waals surface area (Å²) in [7, 11) is 0. The van der Waals surface area contributed by atoms with Gasteiger partial charge < -0.3 is 0 Å². The number of nitrogens with zero attached hydrogens (tertiary/aromatic N) is 1. The first kappa shape index (κ1) is 9.82. The summed E-state index contributed by atoms with van der Waals surface area (Å²) in [4.78, 5) is 15.1. The average molecular weight is 199 g/mol. The average Bonchev–Trinajstić information content (AvgIpc) is 2.03. The largest absolute Gasteiger partial charge is 0.282 e. The molecular formula is C7H9N3O2S. The Morgan fingerprint density at radius 1 is 1.69 bits per heavy atom. The SMILES string of the molecule is Cc1cccnc1C(=O)NS(N)=O. The fraction of sp³-hybridized carbons (Fsp3) is 0.143. The van der Waals surface area contributed by atoms with E-state index in [1.807, 2.05) is 4.72 Å². The summed E-state index contributed by atoms with van der Waals surface area (Å²) < 4.78 is 12.5. The lowest BCUT2D eigenvalue weighted by Gasteiger charge is -2.02. The number of hydrogen-bond donors (Lipinski definition) is 2. The molecule has 1 aromatic heterocycles. The zero-order chi connectivity index (χ0) is 9.84. The van der Waals surface area contributed by atoms with Crippen LogP contribution in [0.25, 0.3) is 0 Å². The van der Waals surface area contributed by atoms with E-state index in [9.17, 15) is 9.00 Å². The molecule has 1 unspecified atom stereocenters. The molecule has 0 saturated heterocycles. The molecule has 1 atom stereocenters. The highest BCUT2D eigenvalue weighted by Gasteiger charge is 2.10. The highest BCUT2D eigenvalue weighted by molar-refractivity contribution is 7.81. The van der Waals surface area contributed by atoms with Gasteiger partial charge in [0.05, 0.1) is 0 Å². The van der Waals surface area contributed by atoms with Gasteiger partial charge in [0.2, 0.25) is 0 Å². The quantitative estimate of drug-likeness (QED) is 0.683. The molecule has 6 heteroatoms. The van der Waals surface area contributed by atoms with E-state index in [-0.39, 0.29) is 5.69 Å². The van der Waals surface area contributed by atoms with Crippen molar-refractivity contribution in [1.82, 2.24) is 9.71 Å². The summed E-state index contributed by atoms with van der Waals surface area (Å²) in [5, 5.41) is 4.89. The summed E-state index contributed by atoms with van der Waals surface area (Å²) in [5.74, 6) is -0.529. The van der Waals surface area contributed by atoms with E-state index in [1.54, 1.807) is 19.1 Å². The molecule has 0 saturated carbocycles. The van der Waals surface area contributed by atoms with Crippen LogP contribution in [-0.4, -0.2) is 15.1 Å². The van der Waals surface area contributed by atoms with Crippen molar-refractivity contribution in [2.75, 3.05) is 0 Å². The fourth-order valence-electron chi connectivity index (χ4n) is 0.863. The monoisotopic (exact) mass is 199 g/mol. The Labute approximate surface area is 78.1 Å². The van der Waals surface area contributed by atoms with Crippen LogP contribution in [0.3, 0.4) is 0 Å². The van der Waals surface area contributed by atoms with Crippen molar-refractivity contribution < 1.29 is 9.00 Å². The van der Waals surface area contributed by atoms with Gasteiger partial charge in [-0.05, 0) is 18.6 Å². The van der Waals surface area contributed by atoms with Gasteiger partial charge in [-0.3, -0.25) is 14.5 Å². The van der Waals surface area contributed by atoms with Crippen molar-refractivity contribution >= 4 is 17.1 Å². The Morgan fingerprint density at radius 3 is 2.92 bits per heavy atom. The minimum atomic E-state index is -1.84. The molecule has 0 aliphatic carbocycles. The molecule has 0 radical (unpaired) electrons. The lowest BCUT2D eigenvalue weighted by molar-refractivity contribution is 0.0977. The lowest BCUT2D eigenvalue weighted by Crippen LogP contribution is -2.31. The van der Waals surface area contributed by atoms with Gasteiger partial charge in [0.25, 0.3) is 5.91 Å². The van der Waals surface area contributed by atoms with Crippen LogP contribution in [0.4, 0.5) is 0 Å². The summed E-state index contributed by atoms with van der Waals surface area (Å²) >= 11 is -1.84. The number of aromatic nitrogens is 1. The standard InChI is InChI=1S/C7H9N3O2S/c1-5-3-2-4-9-6(5)7(11)10-13(8)12/h2-4H,8H2,1H3,(H,10,11). The fourth-order valence-corrected chi connectivity index (χ4v) is 1.14. The number of hydrogen-bond acceptors (Lipinski definition) is 3. The van der Waals surface area contributed by atoms with Crippen LogP contribution in [-0.2, 0) is 11.2 Å². The van der Waals surface area contributed by atoms with Gasteiger partial charge in [-0.25, -0.2) is 9.35 Å². The van der Waals surface area contributed by atoms with Crippen molar-refractivity contribution in [3.8, 4) is 0 Å². The highest BCUT2D eigenvalue weighted by Crippen LogP contribution is 2.02. The summed E-state index contributed by atoms with van der Waals surface area (Å²) in [6.07, 6.45) is 1.49. The second kappa shape index (κ2) is 4.11. The highest BCUT2D eigenvalue weighted by atomic mass is 32.2. The van der Waals surface area contributed by atoms with Crippen LogP contribution in [0.2, 0.25) is 0 Å². The maximum atomic E-state index is 11.2. The first-order valence-electron chi connectivity index (χ1n) is 3.50. The number of amides is 1. The molecule has 0 spiro atoms. The molecule has 70 valence electrons. The number of nitrogens with two attached hydrogens (primary N) is 1. The zero-order valence-electron chi connectivity index (χ0n) is 6.98. The van der Waals surface area contributed by atoms with Gasteiger partial charge in [0, 0.05) is 6.20 Å². The van der Waals surface area contributed by atoms with E-state index in [4.69, 9.17) is 5.14 Å². The summed E-state index contributed by atoms with van der Waals surface area (Å²) in [6, 6.07) is 3.45. The van der Waals surface area contributed by atoms with E-state index >= 15 is 0 Å². The third kappa shape index (κ3) is 2.60. The molecule has 1 rings (SSSR count). The minimum Gasteiger partial charge on any atom is -0.266 e. The molecule has 5 nitrogen and oxygen atoms in total. The van der Waals surface area contributed by atoms with Gasteiger partial charge in [-0.1, -0.05) is 6.07 Å². The van der Waals surface area contributed by atoms with E-state index in [2.05, 4.69) is 4.98 Å². The summed E-state index contributed by atoms with van der Waals surface area (Å²) in [6.45, 7) is 1.74. The van der Waals surface area contributed by atoms with Crippen molar-refractivity contribution in [1.29, 1.82) is 0 Å². The smallest absolute Gasteiger partial charge is 0.266 e. The molecule has 0 bridgehead atoms. The van der Waals surface area contributed by atoms with Gasteiger partial charge in [0.15, 0.2) is 11.2 Å². The number of carbonyl (C=O) groups is 1. The van der Waals surface area contributed by atoms with Gasteiger partial charge in [-0.2, -0.15) is 0 Å². The van der Waals surface area contributed by atoms with E-state index in [0.29, 0.717) is 5.56 Å². The number of rotatable bonds is 2. The molecule has 1 heterocycles. The molecule has 0 fully saturated rings. The Bertz CT molecular complexity index is 353. The van der Waals surface area contributed by atoms with Crippen LogP contribution in [0, 0.1) is 6.92 Å². The predicted octanol–water partition coefficient (Wildman–Crippen LogP) is -0.343. The van der Waals surface area contributed by atoms with E-state index in [0.717, 1.165) is 0 Å². The molecule has 1 amide bonds. The Hall–Kier alpha value is -1.27. The Morgan fingerprint density at radius 2 is 2.38 bits per heavy atom. The van der Waals surface area contributed by atoms with Crippen molar-refractivity contribution in [3.63, 3.8) is 0 Å². The zero-order valence-corrected chi connectivity index (χ0v) is 7.80. The van der Waals surface area contributed by atoms with Crippen molar-refractivity contribution in [2.45, 2.75) is 6.92 Å². The van der Waals surface area contributed by atoms with Crippen LogP contribution in [0.1, 0.15) is 16.1 Å². The third-order valence-electron chi connectivity index (χ3n) is 1.42. The predicted molar refractivity (Wildman–Crippen MR) is 48.8 cm³/mol. The van der Waals surface area contributed by atoms with Crippen LogP contribution in [0.15, 0.2) is 18.3 Å². The summed E-state index contributed by atoms with van der Waals surface area (Å²) in [5.41, 5.74) is 0.951. The molecule has 3 N–H and O–H groups in total. The number of pyridine rings is 1. The number of aryl methyl sites for hydroxylation is 1. The van der Waals surface area contributed by atoms with Gasteiger partial charge >= 0.3 is 0 Å². The minimum absolute atomic E-state index is 0.237. The molecule has 0 aliphatic heterocycles. The Kier molecular flexibility index (Phi) is 3.10. The maximum absolute atomic E-state index is 11.2. The molecular weight excluding hydrogens is 190 g/mol. The first-order valence-corrected chi connectivity index (χ1v) is 4.71. The number of nitrogens with one attached hydrogen (secondary N) is 1. The number of carbonyl (C=O) groups excluding carboxylic acids is 1. The van der Waals surface area contributed by atoms with Crippen molar-refractivity contribution in [2.24, 2.45) is 5.14 Å². The Balaban J connectivity index is 2.89. The maximum Gasteiger partial charge on any atom is 0.282 e. The first-order chi connectivity index (χ1) is 6.11. The molecule has 0 aromatic carbocycles. The van der Waals surface area contributed by atoms with Crippen LogP contribution < -0.4 is 9.86 Å². The molecule has 13 heavy (non-hydrogen) atoms. The van der Waals surface area contributed by atoms with Crippen molar-refractivity contribution in [3.05, 3.63) is 29.6 Å². The van der Waals surface area contributed by atoms with Crippen LogP contribution in [0.5, 0.6) is 0 Å². The van der Waals surface area contributed by atoms with Gasteiger partial charge in [-0.15, -0.1) is 0 Å². The second-order valence-corrected chi connectivity index (χ2v) is 3.20. The topological polar surface area (TPSA) is 85.1 Å². The second-order valence-electron chi connectivity index (χ2n) is 2.40. The molecule has 0 aliphatic rings. The third-order valence-corrected chi connectivity index (χ3v) is 1.80. The van der Waals surface area contributed by atoms with Gasteiger partial charge in [0.1, 0.15) is 5.69 Å². The van der Waals surface area contributed by atoms with Crippen LogP contribution >= 0.6 is 0 Å². The normalized spacial score (nSPS) is 12.2. The lowest BCUT2D eigenvalue weighted by atomic mass is 10.2.